The Morgan fingerprint density at radius 2 is 1.95 bits per heavy atom. The van der Waals surface area contributed by atoms with Gasteiger partial charge in [0.15, 0.2) is 5.82 Å². The molecule has 3 N–H and O–H groups in total. The highest BCUT2D eigenvalue weighted by molar-refractivity contribution is 5.66. The molecule has 0 heterocycles. The third-order valence-corrected chi connectivity index (χ3v) is 3.23. The van der Waals surface area contributed by atoms with E-state index in [9.17, 15) is 8.78 Å². The minimum Gasteiger partial charge on any atom is -0.395 e. The van der Waals surface area contributed by atoms with Crippen LogP contribution in [0.25, 0.3) is 0 Å². The Labute approximate surface area is 113 Å². The minimum absolute atomic E-state index is 0.0271. The molecule has 0 amide bonds. The van der Waals surface area contributed by atoms with Gasteiger partial charge < -0.3 is 16.0 Å². The van der Waals surface area contributed by atoms with Crippen LogP contribution in [0.3, 0.4) is 0 Å². The summed E-state index contributed by atoms with van der Waals surface area (Å²) >= 11 is 0. The van der Waals surface area contributed by atoms with Gasteiger partial charge in [-0.05, 0) is 46.3 Å². The lowest BCUT2D eigenvalue weighted by Crippen LogP contribution is -2.27. The molecule has 3 nitrogen and oxygen atoms in total. The predicted molar refractivity (Wildman–Crippen MR) is 76.3 cm³/mol. The summed E-state index contributed by atoms with van der Waals surface area (Å²) in [7, 11) is 2.08. The van der Waals surface area contributed by atoms with Crippen molar-refractivity contribution in [2.45, 2.75) is 32.7 Å². The second-order valence-corrected chi connectivity index (χ2v) is 5.06. The molecule has 0 bridgehead atoms. The third-order valence-electron chi connectivity index (χ3n) is 3.23. The molecule has 1 aromatic carbocycles. The fraction of sp³-hybridized carbons (Fsp3) is 0.571. The van der Waals surface area contributed by atoms with Gasteiger partial charge in [0.2, 0.25) is 0 Å². The summed E-state index contributed by atoms with van der Waals surface area (Å²) in [4.78, 5) is 2.26. The van der Waals surface area contributed by atoms with E-state index in [0.717, 1.165) is 25.5 Å². The van der Waals surface area contributed by atoms with Gasteiger partial charge >= 0.3 is 0 Å². The summed E-state index contributed by atoms with van der Waals surface area (Å²) in [5.74, 6) is -1.34. The normalized spacial score (nSPS) is 11.3. The van der Waals surface area contributed by atoms with E-state index in [4.69, 9.17) is 5.73 Å². The fourth-order valence-corrected chi connectivity index (χ4v) is 1.70. The van der Waals surface area contributed by atoms with E-state index in [1.165, 1.54) is 6.07 Å². The van der Waals surface area contributed by atoms with Crippen molar-refractivity contribution in [2.75, 3.05) is 31.2 Å². The van der Waals surface area contributed by atoms with E-state index in [1.807, 2.05) is 0 Å². The molecule has 0 atom stereocenters. The summed E-state index contributed by atoms with van der Waals surface area (Å²) in [5, 5.41) is 2.97. The first-order valence-corrected chi connectivity index (χ1v) is 6.60. The zero-order valence-electron chi connectivity index (χ0n) is 11.8. The van der Waals surface area contributed by atoms with Crippen LogP contribution >= 0.6 is 0 Å². The van der Waals surface area contributed by atoms with Gasteiger partial charge in [-0.2, -0.15) is 0 Å². The molecule has 0 aromatic heterocycles. The number of halogens is 2. The third kappa shape index (κ3) is 5.03. The van der Waals surface area contributed by atoms with Crippen molar-refractivity contribution in [3.63, 3.8) is 0 Å². The second kappa shape index (κ2) is 7.28. The van der Waals surface area contributed by atoms with Gasteiger partial charge in [-0.25, -0.2) is 8.78 Å². The fourth-order valence-electron chi connectivity index (χ4n) is 1.70. The van der Waals surface area contributed by atoms with E-state index in [2.05, 4.69) is 31.1 Å². The maximum Gasteiger partial charge on any atom is 0.151 e. The second-order valence-electron chi connectivity index (χ2n) is 5.06. The monoisotopic (exact) mass is 271 g/mol. The van der Waals surface area contributed by atoms with E-state index >= 15 is 0 Å². The smallest absolute Gasteiger partial charge is 0.151 e. The van der Waals surface area contributed by atoms with E-state index < -0.39 is 11.6 Å². The quantitative estimate of drug-likeness (QED) is 0.591. The number of nitrogen functional groups attached to an aromatic ring is 1. The maximum absolute atomic E-state index is 13.2. The van der Waals surface area contributed by atoms with Crippen molar-refractivity contribution in [1.82, 2.24) is 4.90 Å². The van der Waals surface area contributed by atoms with Crippen molar-refractivity contribution in [3.8, 4) is 0 Å². The summed E-state index contributed by atoms with van der Waals surface area (Å²) in [6.07, 6.45) is 1.95. The summed E-state index contributed by atoms with van der Waals surface area (Å²) < 4.78 is 26.2. The molecule has 0 saturated carbocycles. The lowest BCUT2D eigenvalue weighted by Gasteiger charge is -2.20. The number of unbranched alkanes of at least 4 members (excludes halogenated alkanes) is 1. The number of hydrogen-bond acceptors (Lipinski definition) is 3. The molecule has 0 aliphatic heterocycles. The SMILES string of the molecule is CC(C)N(C)CCCCNc1cc(F)cc(F)c1N. The topological polar surface area (TPSA) is 41.3 Å². The van der Waals surface area contributed by atoms with Crippen LogP contribution in [0.5, 0.6) is 0 Å². The highest BCUT2D eigenvalue weighted by Crippen LogP contribution is 2.23. The summed E-state index contributed by atoms with van der Waals surface area (Å²) in [6, 6.07) is 2.54. The number of hydrogen-bond donors (Lipinski definition) is 2. The molecule has 5 heteroatoms. The van der Waals surface area contributed by atoms with Gasteiger partial charge in [0.25, 0.3) is 0 Å². The average Bonchev–Trinajstić information content (AvgIpc) is 2.34. The van der Waals surface area contributed by atoms with Gasteiger partial charge in [0.1, 0.15) is 5.82 Å². The molecular formula is C14H23F2N3. The lowest BCUT2D eigenvalue weighted by atomic mass is 10.2. The largest absolute Gasteiger partial charge is 0.395 e. The number of nitrogens with zero attached hydrogens (tertiary/aromatic N) is 1. The summed E-state index contributed by atoms with van der Waals surface area (Å²) in [6.45, 7) is 5.95. The predicted octanol–water partition coefficient (Wildman–Crippen LogP) is 3.08. The van der Waals surface area contributed by atoms with Crippen LogP contribution in [-0.2, 0) is 0 Å². The minimum atomic E-state index is -0.720. The molecule has 0 fully saturated rings. The van der Waals surface area contributed by atoms with Crippen LogP contribution in [0.15, 0.2) is 12.1 Å². The Balaban J connectivity index is 2.34. The first kappa shape index (κ1) is 15.7. The maximum atomic E-state index is 13.2. The van der Waals surface area contributed by atoms with Gasteiger partial charge in [0, 0.05) is 18.7 Å². The van der Waals surface area contributed by atoms with E-state index in [-0.39, 0.29) is 5.69 Å². The molecule has 108 valence electrons. The van der Waals surface area contributed by atoms with E-state index in [1.54, 1.807) is 0 Å². The molecule has 0 spiro atoms. The van der Waals surface area contributed by atoms with Crippen LogP contribution < -0.4 is 11.1 Å². The lowest BCUT2D eigenvalue weighted by molar-refractivity contribution is 0.269. The van der Waals surface area contributed by atoms with Crippen LogP contribution in [0, 0.1) is 11.6 Å². The molecule has 0 aliphatic rings. The van der Waals surface area contributed by atoms with Crippen LogP contribution in [0.2, 0.25) is 0 Å². The standard InChI is InChI=1S/C14H23F2N3/c1-10(2)19(3)7-5-4-6-18-13-9-11(15)8-12(16)14(13)17/h8-10,18H,4-7,17H2,1-3H3. The van der Waals surface area contributed by atoms with Crippen molar-refractivity contribution in [2.24, 2.45) is 0 Å². The first-order valence-electron chi connectivity index (χ1n) is 6.60. The van der Waals surface area contributed by atoms with Crippen LogP contribution in [0.4, 0.5) is 20.2 Å². The number of rotatable bonds is 7. The van der Waals surface area contributed by atoms with Crippen molar-refractivity contribution < 1.29 is 8.78 Å². The number of nitrogens with one attached hydrogen (secondary N) is 1. The molecule has 1 aromatic rings. The Morgan fingerprint density at radius 3 is 2.58 bits per heavy atom. The molecule has 0 saturated heterocycles. The van der Waals surface area contributed by atoms with Crippen molar-refractivity contribution in [1.29, 1.82) is 0 Å². The van der Waals surface area contributed by atoms with Gasteiger partial charge in [-0.15, -0.1) is 0 Å². The highest BCUT2D eigenvalue weighted by atomic mass is 19.1. The molecule has 0 unspecified atom stereocenters. The van der Waals surface area contributed by atoms with Crippen LogP contribution in [-0.4, -0.2) is 31.1 Å². The number of nitrogens with two attached hydrogens (primary N) is 1. The van der Waals surface area contributed by atoms with Crippen molar-refractivity contribution in [3.05, 3.63) is 23.8 Å². The Kier molecular flexibility index (Phi) is 6.02. The molecule has 19 heavy (non-hydrogen) atoms. The Bertz CT molecular complexity index is 408. The zero-order chi connectivity index (χ0) is 14.4. The molecule has 1 rings (SSSR count). The molecule has 0 aliphatic carbocycles. The average molecular weight is 271 g/mol. The van der Waals surface area contributed by atoms with Gasteiger partial charge in [-0.3, -0.25) is 0 Å². The number of anilines is 2. The Hall–Kier alpha value is -1.36. The van der Waals surface area contributed by atoms with Gasteiger partial charge in [-0.1, -0.05) is 0 Å². The highest BCUT2D eigenvalue weighted by Gasteiger charge is 2.07. The molecular weight excluding hydrogens is 248 g/mol. The first-order chi connectivity index (χ1) is 8.91. The van der Waals surface area contributed by atoms with E-state index in [0.29, 0.717) is 18.3 Å². The number of benzene rings is 1. The van der Waals surface area contributed by atoms with Gasteiger partial charge in [0.05, 0.1) is 11.4 Å². The Morgan fingerprint density at radius 1 is 1.26 bits per heavy atom. The zero-order valence-corrected chi connectivity index (χ0v) is 11.8. The van der Waals surface area contributed by atoms with Crippen molar-refractivity contribution >= 4 is 11.4 Å². The van der Waals surface area contributed by atoms with Crippen LogP contribution in [0.1, 0.15) is 26.7 Å². The summed E-state index contributed by atoms with van der Waals surface area (Å²) in [5.41, 5.74) is 5.84. The molecule has 0 radical (unpaired) electrons.